The molecule has 0 amide bonds. The molecular formula is C5H8O5. The largest absolute Gasteiger partial charge is 0.383 e. The molecule has 10 heavy (non-hydrogen) atoms. The van der Waals surface area contributed by atoms with Crippen LogP contribution in [0.3, 0.4) is 0 Å². The highest BCUT2D eigenvalue weighted by Crippen LogP contribution is 1.87. The first kappa shape index (κ1) is 8.90. The predicted octanol–water partition coefficient (Wildman–Crippen LogP) is -0.612. The third-order valence-electron chi connectivity index (χ3n) is 0.582. The van der Waals surface area contributed by atoms with Gasteiger partial charge in [0.1, 0.15) is 0 Å². The van der Waals surface area contributed by atoms with E-state index < -0.39 is 18.0 Å². The lowest BCUT2D eigenvalue weighted by atomic mass is 10.4. The maximum atomic E-state index is 10.3. The number of carbonyl (C=O) groups excluding carboxylic acids is 2. The summed E-state index contributed by atoms with van der Waals surface area (Å²) >= 11 is 0. The molecule has 0 saturated carbocycles. The first-order chi connectivity index (χ1) is 4.54. The quantitative estimate of drug-likeness (QED) is 0.396. The molecule has 0 bridgehead atoms. The lowest BCUT2D eigenvalue weighted by molar-refractivity contribution is -0.262. The first-order valence-corrected chi connectivity index (χ1v) is 2.61. The van der Waals surface area contributed by atoms with Gasteiger partial charge in [0.15, 0.2) is 6.10 Å². The Kier molecular flexibility index (Phi) is 3.42. The lowest BCUT2D eigenvalue weighted by Crippen LogP contribution is -2.20. The fourth-order valence-electron chi connectivity index (χ4n) is 0.169. The van der Waals surface area contributed by atoms with E-state index in [9.17, 15) is 9.59 Å². The maximum Gasteiger partial charge on any atom is 0.383 e. The first-order valence-electron chi connectivity index (χ1n) is 2.61. The molecule has 0 fully saturated rings. The normalized spacial score (nSPS) is 11.9. The Hall–Kier alpha value is -1.10. The van der Waals surface area contributed by atoms with E-state index in [1.165, 1.54) is 6.92 Å². The molecule has 1 unspecified atom stereocenters. The van der Waals surface area contributed by atoms with Crippen molar-refractivity contribution in [1.82, 2.24) is 0 Å². The van der Waals surface area contributed by atoms with Crippen molar-refractivity contribution in [3.8, 4) is 0 Å². The van der Waals surface area contributed by atoms with Gasteiger partial charge in [-0.15, -0.1) is 0 Å². The van der Waals surface area contributed by atoms with E-state index >= 15 is 0 Å². The van der Waals surface area contributed by atoms with Crippen LogP contribution in [0.5, 0.6) is 0 Å². The van der Waals surface area contributed by atoms with Gasteiger partial charge in [0.05, 0.1) is 0 Å². The summed E-state index contributed by atoms with van der Waals surface area (Å²) in [6.07, 6.45) is -1.28. The third-order valence-corrected chi connectivity index (χ3v) is 0.582. The zero-order valence-electron chi connectivity index (χ0n) is 5.66. The smallest absolute Gasteiger partial charge is 0.382 e. The van der Waals surface area contributed by atoms with Crippen LogP contribution in [-0.4, -0.2) is 23.1 Å². The van der Waals surface area contributed by atoms with Crippen molar-refractivity contribution in [3.05, 3.63) is 0 Å². The van der Waals surface area contributed by atoms with Gasteiger partial charge in [-0.25, -0.2) is 19.4 Å². The van der Waals surface area contributed by atoms with Crippen molar-refractivity contribution < 1.29 is 24.5 Å². The highest BCUT2D eigenvalue weighted by molar-refractivity contribution is 5.74. The van der Waals surface area contributed by atoms with Crippen molar-refractivity contribution in [2.24, 2.45) is 0 Å². The Morgan fingerprint density at radius 1 is 1.40 bits per heavy atom. The van der Waals surface area contributed by atoms with Gasteiger partial charge < -0.3 is 5.11 Å². The van der Waals surface area contributed by atoms with Crippen LogP contribution in [0, 0.1) is 0 Å². The molecule has 0 radical (unpaired) electrons. The lowest BCUT2D eigenvalue weighted by Gasteiger charge is -2.01. The highest BCUT2D eigenvalue weighted by atomic mass is 17.2. The Labute approximate surface area is 57.5 Å². The summed E-state index contributed by atoms with van der Waals surface area (Å²) in [5.41, 5.74) is 0. The van der Waals surface area contributed by atoms with E-state index in [4.69, 9.17) is 5.11 Å². The van der Waals surface area contributed by atoms with Gasteiger partial charge in [-0.3, -0.25) is 0 Å². The Morgan fingerprint density at radius 3 is 2.20 bits per heavy atom. The molecule has 0 rings (SSSR count). The van der Waals surface area contributed by atoms with Gasteiger partial charge in [0, 0.05) is 6.92 Å². The molecule has 1 atom stereocenters. The second-order valence-electron chi connectivity index (χ2n) is 1.65. The molecule has 0 saturated heterocycles. The van der Waals surface area contributed by atoms with Gasteiger partial charge >= 0.3 is 11.9 Å². The summed E-state index contributed by atoms with van der Waals surface area (Å²) in [6.45, 7) is 2.28. The number of rotatable bonds is 1. The molecular weight excluding hydrogens is 140 g/mol. The molecule has 0 aromatic carbocycles. The van der Waals surface area contributed by atoms with E-state index in [-0.39, 0.29) is 0 Å². The van der Waals surface area contributed by atoms with E-state index in [1.54, 1.807) is 0 Å². The van der Waals surface area contributed by atoms with Gasteiger partial charge in [0.2, 0.25) is 0 Å². The van der Waals surface area contributed by atoms with Crippen LogP contribution >= 0.6 is 0 Å². The molecule has 5 heteroatoms. The molecule has 0 aliphatic heterocycles. The fourth-order valence-corrected chi connectivity index (χ4v) is 0.169. The third kappa shape index (κ3) is 3.85. The minimum Gasteiger partial charge on any atom is -0.382 e. The average molecular weight is 148 g/mol. The van der Waals surface area contributed by atoms with Crippen molar-refractivity contribution in [1.29, 1.82) is 0 Å². The van der Waals surface area contributed by atoms with Crippen LogP contribution in [0.15, 0.2) is 0 Å². The van der Waals surface area contributed by atoms with Crippen LogP contribution in [0.2, 0.25) is 0 Å². The molecule has 0 aliphatic carbocycles. The van der Waals surface area contributed by atoms with Crippen LogP contribution in [0.25, 0.3) is 0 Å². The summed E-state index contributed by atoms with van der Waals surface area (Å²) in [5, 5.41) is 8.47. The molecule has 1 N–H and O–H groups in total. The van der Waals surface area contributed by atoms with Gasteiger partial charge in [-0.05, 0) is 6.92 Å². The van der Waals surface area contributed by atoms with Crippen molar-refractivity contribution >= 4 is 11.9 Å². The minimum atomic E-state index is -1.28. The minimum absolute atomic E-state index is 0.742. The molecule has 58 valence electrons. The van der Waals surface area contributed by atoms with Crippen molar-refractivity contribution in [2.45, 2.75) is 20.0 Å². The fraction of sp³-hybridized carbons (Fsp3) is 0.600. The van der Waals surface area contributed by atoms with Crippen LogP contribution in [0.1, 0.15) is 13.8 Å². The van der Waals surface area contributed by atoms with Gasteiger partial charge in [-0.2, -0.15) is 0 Å². The predicted molar refractivity (Wildman–Crippen MR) is 29.5 cm³/mol. The van der Waals surface area contributed by atoms with Gasteiger partial charge in [-0.1, -0.05) is 0 Å². The maximum absolute atomic E-state index is 10.3. The van der Waals surface area contributed by atoms with Crippen LogP contribution in [-0.2, 0) is 19.4 Å². The Morgan fingerprint density at radius 2 is 1.90 bits per heavy atom. The molecule has 0 spiro atoms. The highest BCUT2D eigenvalue weighted by Gasteiger charge is 2.12. The zero-order chi connectivity index (χ0) is 8.15. The summed E-state index contributed by atoms with van der Waals surface area (Å²) in [7, 11) is 0. The Bertz CT molecular complexity index is 139. The van der Waals surface area contributed by atoms with E-state index in [0.29, 0.717) is 0 Å². The van der Waals surface area contributed by atoms with Gasteiger partial charge in [0.25, 0.3) is 0 Å². The van der Waals surface area contributed by atoms with E-state index in [0.717, 1.165) is 6.92 Å². The Balaban J connectivity index is 3.50. The van der Waals surface area contributed by atoms with E-state index in [1.807, 2.05) is 0 Å². The number of aliphatic hydroxyl groups excluding tert-OH is 1. The average Bonchev–Trinajstić information content (AvgIpc) is 1.82. The molecule has 0 aromatic rings. The SMILES string of the molecule is CC(=O)OOC(=O)C(C)O. The standard InChI is InChI=1S/C5H8O5/c1-3(6)5(8)10-9-4(2)7/h3,6H,1-2H3. The van der Waals surface area contributed by atoms with E-state index in [2.05, 4.69) is 9.78 Å². The molecule has 5 nitrogen and oxygen atoms in total. The van der Waals surface area contributed by atoms with Crippen LogP contribution in [0.4, 0.5) is 0 Å². The van der Waals surface area contributed by atoms with Crippen molar-refractivity contribution in [3.63, 3.8) is 0 Å². The summed E-state index contributed by atoms with van der Waals surface area (Å²) < 4.78 is 0. The molecule has 0 heterocycles. The monoisotopic (exact) mass is 148 g/mol. The molecule has 0 aliphatic rings. The second kappa shape index (κ2) is 3.84. The summed E-state index contributed by atoms with van der Waals surface area (Å²) in [6, 6.07) is 0. The number of aliphatic hydroxyl groups is 1. The second-order valence-corrected chi connectivity index (χ2v) is 1.65. The topological polar surface area (TPSA) is 72.8 Å². The summed E-state index contributed by atoms with van der Waals surface area (Å²) in [4.78, 5) is 27.9. The number of carbonyl (C=O) groups is 2. The number of hydrogen-bond acceptors (Lipinski definition) is 5. The van der Waals surface area contributed by atoms with Crippen molar-refractivity contribution in [2.75, 3.05) is 0 Å². The summed E-state index contributed by atoms with van der Waals surface area (Å²) in [5.74, 6) is -1.73. The molecule has 0 aromatic heterocycles. The van der Waals surface area contributed by atoms with Crippen LogP contribution < -0.4 is 0 Å². The number of hydrogen-bond donors (Lipinski definition) is 1. The zero-order valence-corrected chi connectivity index (χ0v) is 5.66.